The van der Waals surface area contributed by atoms with Gasteiger partial charge in [-0.1, -0.05) is 6.07 Å². The van der Waals surface area contributed by atoms with Crippen molar-refractivity contribution in [1.29, 1.82) is 0 Å². The molecule has 1 aliphatic carbocycles. The van der Waals surface area contributed by atoms with E-state index >= 15 is 0 Å². The minimum absolute atomic E-state index is 0. The highest BCUT2D eigenvalue weighted by molar-refractivity contribution is 14.0. The highest BCUT2D eigenvalue weighted by Crippen LogP contribution is 2.18. The van der Waals surface area contributed by atoms with Gasteiger partial charge in [-0.2, -0.15) is 0 Å². The molecule has 1 fully saturated rings. The molecule has 0 unspecified atom stereocenters. The van der Waals surface area contributed by atoms with E-state index in [4.69, 9.17) is 5.73 Å². The van der Waals surface area contributed by atoms with Crippen molar-refractivity contribution in [3.63, 3.8) is 0 Å². The van der Waals surface area contributed by atoms with E-state index in [1.54, 1.807) is 11.3 Å². The number of thiophene rings is 1. The van der Waals surface area contributed by atoms with Crippen LogP contribution in [0.4, 0.5) is 0 Å². The average molecular weight is 337 g/mol. The number of rotatable bonds is 4. The van der Waals surface area contributed by atoms with E-state index in [1.807, 2.05) is 0 Å². The molecule has 5 heteroatoms. The lowest BCUT2D eigenvalue weighted by molar-refractivity contribution is 0.873. The first-order valence-corrected chi connectivity index (χ1v) is 5.81. The molecule has 0 saturated heterocycles. The summed E-state index contributed by atoms with van der Waals surface area (Å²) < 4.78 is 0. The van der Waals surface area contributed by atoms with Crippen molar-refractivity contribution in [3.8, 4) is 0 Å². The molecule has 0 amide bonds. The van der Waals surface area contributed by atoms with Crippen LogP contribution < -0.4 is 11.1 Å². The molecule has 0 radical (unpaired) electrons. The number of hydrogen-bond donors (Lipinski definition) is 2. The van der Waals surface area contributed by atoms with Crippen molar-refractivity contribution in [2.45, 2.75) is 25.3 Å². The summed E-state index contributed by atoms with van der Waals surface area (Å²) in [6, 6.07) is 4.79. The van der Waals surface area contributed by atoms with Crippen LogP contribution in [0.3, 0.4) is 0 Å². The maximum absolute atomic E-state index is 5.70. The summed E-state index contributed by atoms with van der Waals surface area (Å²) in [5, 5.41) is 5.25. The lowest BCUT2D eigenvalue weighted by atomic mass is 10.3. The molecule has 84 valence electrons. The summed E-state index contributed by atoms with van der Waals surface area (Å²) >= 11 is 1.77. The predicted octanol–water partition coefficient (Wildman–Crippen LogP) is 1.98. The number of nitrogens with one attached hydrogen (secondary N) is 1. The smallest absolute Gasteiger partial charge is 0.188 e. The third-order valence-corrected chi connectivity index (χ3v) is 3.09. The standard InChI is InChI=1S/C10H15N3S.HI/c11-10(13-8-3-4-8)12-6-5-9-2-1-7-14-9;/h1-2,7-8H,3-6H2,(H3,11,12,13);1H. The van der Waals surface area contributed by atoms with E-state index in [2.05, 4.69) is 27.8 Å². The predicted molar refractivity (Wildman–Crippen MR) is 76.1 cm³/mol. The Balaban J connectivity index is 0.00000112. The summed E-state index contributed by atoms with van der Waals surface area (Å²) in [6.45, 7) is 0.784. The first kappa shape index (κ1) is 12.8. The maximum atomic E-state index is 5.70. The number of nitrogens with two attached hydrogens (primary N) is 1. The van der Waals surface area contributed by atoms with Crippen LogP contribution >= 0.6 is 35.3 Å². The Morgan fingerprint density at radius 2 is 2.40 bits per heavy atom. The summed E-state index contributed by atoms with van der Waals surface area (Å²) in [5.74, 6) is 0.601. The summed E-state index contributed by atoms with van der Waals surface area (Å²) in [5.41, 5.74) is 5.70. The van der Waals surface area contributed by atoms with Crippen LogP contribution in [0.25, 0.3) is 0 Å². The molecule has 3 N–H and O–H groups in total. The number of aliphatic imine (C=N–C) groups is 1. The van der Waals surface area contributed by atoms with Crippen molar-refractivity contribution in [3.05, 3.63) is 22.4 Å². The number of guanidine groups is 1. The van der Waals surface area contributed by atoms with Crippen molar-refractivity contribution >= 4 is 41.3 Å². The maximum Gasteiger partial charge on any atom is 0.188 e. The van der Waals surface area contributed by atoms with Crippen molar-refractivity contribution in [2.24, 2.45) is 10.7 Å². The third kappa shape index (κ3) is 4.83. The summed E-state index contributed by atoms with van der Waals surface area (Å²) in [6.07, 6.45) is 3.47. The van der Waals surface area contributed by atoms with Crippen LogP contribution in [0.1, 0.15) is 17.7 Å². The van der Waals surface area contributed by atoms with Crippen LogP contribution in [0, 0.1) is 0 Å². The monoisotopic (exact) mass is 337 g/mol. The zero-order valence-electron chi connectivity index (χ0n) is 8.48. The minimum atomic E-state index is 0. The van der Waals surface area contributed by atoms with Gasteiger partial charge >= 0.3 is 0 Å². The van der Waals surface area contributed by atoms with Crippen LogP contribution in [-0.4, -0.2) is 18.5 Å². The van der Waals surface area contributed by atoms with Gasteiger partial charge in [0.15, 0.2) is 5.96 Å². The minimum Gasteiger partial charge on any atom is -0.370 e. The van der Waals surface area contributed by atoms with Crippen molar-refractivity contribution in [2.75, 3.05) is 6.54 Å². The Morgan fingerprint density at radius 1 is 1.60 bits per heavy atom. The molecule has 0 atom stereocenters. The normalized spacial score (nSPS) is 15.9. The SMILES string of the molecule is I.NC(=NCCc1cccs1)NC1CC1. The third-order valence-electron chi connectivity index (χ3n) is 2.15. The molecule has 0 aliphatic heterocycles. The van der Waals surface area contributed by atoms with Gasteiger partial charge < -0.3 is 11.1 Å². The first-order valence-electron chi connectivity index (χ1n) is 4.93. The van der Waals surface area contributed by atoms with E-state index in [0.717, 1.165) is 13.0 Å². The first-order chi connectivity index (χ1) is 6.84. The lowest BCUT2D eigenvalue weighted by Crippen LogP contribution is -2.33. The summed E-state index contributed by atoms with van der Waals surface area (Å²) in [4.78, 5) is 5.64. The van der Waals surface area contributed by atoms with Crippen LogP contribution in [-0.2, 0) is 6.42 Å². The Bertz CT molecular complexity index is 306. The summed E-state index contributed by atoms with van der Waals surface area (Å²) in [7, 11) is 0. The van der Waals surface area contributed by atoms with Crippen LogP contribution in [0.15, 0.2) is 22.5 Å². The molecule has 1 heterocycles. The van der Waals surface area contributed by atoms with Gasteiger partial charge in [0.25, 0.3) is 0 Å². The largest absolute Gasteiger partial charge is 0.370 e. The van der Waals surface area contributed by atoms with Crippen LogP contribution in [0.2, 0.25) is 0 Å². The second-order valence-corrected chi connectivity index (χ2v) is 4.55. The van der Waals surface area contributed by atoms with E-state index < -0.39 is 0 Å². The fourth-order valence-electron chi connectivity index (χ4n) is 1.22. The van der Waals surface area contributed by atoms with Crippen LogP contribution in [0.5, 0.6) is 0 Å². The average Bonchev–Trinajstić information content (AvgIpc) is 2.82. The van der Waals surface area contributed by atoms with Gasteiger partial charge in [-0.25, -0.2) is 0 Å². The van der Waals surface area contributed by atoms with E-state index in [9.17, 15) is 0 Å². The van der Waals surface area contributed by atoms with E-state index in [-0.39, 0.29) is 24.0 Å². The van der Waals surface area contributed by atoms with Gasteiger partial charge in [0, 0.05) is 23.9 Å². The van der Waals surface area contributed by atoms with Gasteiger partial charge in [0.1, 0.15) is 0 Å². The lowest BCUT2D eigenvalue weighted by Gasteiger charge is -2.01. The number of halogens is 1. The number of nitrogens with zero attached hydrogens (tertiary/aromatic N) is 1. The van der Waals surface area contributed by atoms with E-state index in [1.165, 1.54) is 17.7 Å². The van der Waals surface area contributed by atoms with Crippen molar-refractivity contribution in [1.82, 2.24) is 5.32 Å². The zero-order valence-corrected chi connectivity index (χ0v) is 11.6. The Labute approximate surface area is 111 Å². The molecule has 1 saturated carbocycles. The van der Waals surface area contributed by atoms with E-state index in [0.29, 0.717) is 12.0 Å². The van der Waals surface area contributed by atoms with Gasteiger partial charge in [0.05, 0.1) is 0 Å². The fraction of sp³-hybridized carbons (Fsp3) is 0.500. The molecule has 0 bridgehead atoms. The Hall–Kier alpha value is -0.300. The molecule has 0 spiro atoms. The molecule has 1 aliphatic rings. The molecule has 0 aromatic carbocycles. The second-order valence-electron chi connectivity index (χ2n) is 3.51. The molecular weight excluding hydrogens is 321 g/mol. The molecule has 1 aromatic heterocycles. The molecule has 2 rings (SSSR count). The van der Waals surface area contributed by atoms with Gasteiger partial charge in [-0.15, -0.1) is 35.3 Å². The topological polar surface area (TPSA) is 50.4 Å². The second kappa shape index (κ2) is 6.32. The Kier molecular flexibility index (Phi) is 5.38. The molecule has 15 heavy (non-hydrogen) atoms. The fourth-order valence-corrected chi connectivity index (χ4v) is 1.92. The molecule has 3 nitrogen and oxygen atoms in total. The van der Waals surface area contributed by atoms with Crippen molar-refractivity contribution < 1.29 is 0 Å². The van der Waals surface area contributed by atoms with Gasteiger partial charge in [-0.3, -0.25) is 4.99 Å². The molecule has 1 aromatic rings. The highest BCUT2D eigenvalue weighted by Gasteiger charge is 2.21. The number of hydrogen-bond acceptors (Lipinski definition) is 2. The quantitative estimate of drug-likeness (QED) is 0.501. The van der Waals surface area contributed by atoms with Gasteiger partial charge in [-0.05, 0) is 24.3 Å². The Morgan fingerprint density at radius 3 is 3.00 bits per heavy atom. The highest BCUT2D eigenvalue weighted by atomic mass is 127. The zero-order chi connectivity index (χ0) is 9.80. The van der Waals surface area contributed by atoms with Gasteiger partial charge in [0.2, 0.25) is 0 Å². The molecular formula is C10H16IN3S.